The molecule has 0 aliphatic rings. The Hall–Kier alpha value is -3.77. The second-order valence-corrected chi connectivity index (χ2v) is 12.0. The number of aldehydes is 1. The van der Waals surface area contributed by atoms with Crippen molar-refractivity contribution in [1.82, 2.24) is 0 Å². The van der Waals surface area contributed by atoms with Crippen LogP contribution in [0.5, 0.6) is 0 Å². The van der Waals surface area contributed by atoms with E-state index in [1.54, 1.807) is 21.9 Å². The summed E-state index contributed by atoms with van der Waals surface area (Å²) >= 11 is 0. The predicted molar refractivity (Wildman–Crippen MR) is 149 cm³/mol. The van der Waals surface area contributed by atoms with Crippen molar-refractivity contribution < 1.29 is 36.2 Å². The van der Waals surface area contributed by atoms with Gasteiger partial charge in [0.05, 0.1) is 47.5 Å². The smallest absolute Gasteiger partial charge is 0.395 e. The monoisotopic (exact) mass is 598 g/mol. The molecule has 0 saturated carbocycles. The number of nitriles is 2. The maximum Gasteiger partial charge on any atom is 0.417 e. The van der Waals surface area contributed by atoms with Gasteiger partial charge in [-0.3, -0.25) is 0 Å². The first-order valence-corrected chi connectivity index (χ1v) is 12.9. The molecule has 2 rings (SSSR count). The van der Waals surface area contributed by atoms with E-state index in [-0.39, 0.29) is 36.2 Å². The average molecular weight is 599 g/mol. The molecule has 0 bridgehead atoms. The van der Waals surface area contributed by atoms with Crippen LogP contribution in [0.3, 0.4) is 0 Å². The molecule has 0 radical (unpaired) electrons. The Bertz CT molecular complexity index is 1280. The van der Waals surface area contributed by atoms with Gasteiger partial charge >= 0.3 is 12.4 Å². The Kier molecular flexibility index (Phi) is 12.4. The van der Waals surface area contributed by atoms with Gasteiger partial charge in [0.1, 0.15) is 6.29 Å². The molecule has 42 heavy (non-hydrogen) atoms. The molecule has 12 heteroatoms. The van der Waals surface area contributed by atoms with Crippen LogP contribution in [0.15, 0.2) is 36.4 Å². The first kappa shape index (κ1) is 36.3. The Labute approximate surface area is 242 Å². The fourth-order valence-electron chi connectivity index (χ4n) is 4.04. The lowest BCUT2D eigenvalue weighted by atomic mass is 9.95. The molecule has 230 valence electrons. The number of hydrogen-bond donors (Lipinski definition) is 1. The van der Waals surface area contributed by atoms with Crippen LogP contribution in [0.25, 0.3) is 0 Å². The summed E-state index contributed by atoms with van der Waals surface area (Å²) in [7, 11) is 0. The predicted octanol–water partition coefficient (Wildman–Crippen LogP) is 7.05. The number of halogens is 6. The standard InChI is InChI=1S/C15H19F3N2O.C15H17F3N2O/c2*1-14(2,3)10-20(6-7-21)12-5-4-11(9-19)13(8-12)15(16,17)18/h4-5,8,21H,6-7,10H2,1-3H3;4-5,7-8H,6,10H2,1-3H3. The number of carbonyl (C=O) groups is 1. The number of alkyl halides is 6. The third-order valence-corrected chi connectivity index (χ3v) is 5.58. The fourth-order valence-corrected chi connectivity index (χ4v) is 4.04. The normalized spacial score (nSPS) is 12.0. The Morgan fingerprint density at radius 3 is 1.43 bits per heavy atom. The van der Waals surface area contributed by atoms with Gasteiger partial charge in [-0.15, -0.1) is 0 Å². The molecular weight excluding hydrogens is 562 g/mol. The number of hydrogen-bond acceptors (Lipinski definition) is 6. The van der Waals surface area contributed by atoms with Crippen molar-refractivity contribution in [2.75, 3.05) is 42.6 Å². The topological polar surface area (TPSA) is 91.4 Å². The molecule has 0 heterocycles. The molecule has 0 spiro atoms. The molecule has 0 aliphatic heterocycles. The number of aliphatic hydroxyl groups excluding tert-OH is 1. The fraction of sp³-hybridized carbons (Fsp3) is 0.500. The minimum Gasteiger partial charge on any atom is -0.395 e. The lowest BCUT2D eigenvalue weighted by Gasteiger charge is -2.31. The summed E-state index contributed by atoms with van der Waals surface area (Å²) in [6.07, 6.45) is -8.53. The minimum atomic E-state index is -4.60. The van der Waals surface area contributed by atoms with Gasteiger partial charge in [-0.1, -0.05) is 41.5 Å². The lowest BCUT2D eigenvalue weighted by Crippen LogP contribution is -2.35. The average Bonchev–Trinajstić information content (AvgIpc) is 2.85. The van der Waals surface area contributed by atoms with E-state index in [0.717, 1.165) is 18.2 Å². The molecule has 0 aliphatic carbocycles. The van der Waals surface area contributed by atoms with Crippen molar-refractivity contribution in [3.8, 4) is 12.1 Å². The summed E-state index contributed by atoms with van der Waals surface area (Å²) < 4.78 is 77.8. The number of rotatable bonds is 8. The van der Waals surface area contributed by atoms with Crippen molar-refractivity contribution in [2.24, 2.45) is 10.8 Å². The summed E-state index contributed by atoms with van der Waals surface area (Å²) in [5.41, 5.74) is -2.43. The summed E-state index contributed by atoms with van der Waals surface area (Å²) in [5, 5.41) is 26.7. The van der Waals surface area contributed by atoms with Gasteiger partial charge in [-0.05, 0) is 47.2 Å². The zero-order valence-electron chi connectivity index (χ0n) is 24.5. The molecule has 0 amide bonds. The summed E-state index contributed by atoms with van der Waals surface area (Å²) in [6.45, 7) is 12.7. The highest BCUT2D eigenvalue weighted by Gasteiger charge is 2.35. The molecule has 0 fully saturated rings. The molecule has 0 saturated heterocycles. The molecule has 0 aromatic heterocycles. The molecule has 1 N–H and O–H groups in total. The second-order valence-electron chi connectivity index (χ2n) is 12.0. The van der Waals surface area contributed by atoms with Gasteiger partial charge in [-0.2, -0.15) is 36.9 Å². The first-order valence-electron chi connectivity index (χ1n) is 12.9. The van der Waals surface area contributed by atoms with E-state index >= 15 is 0 Å². The van der Waals surface area contributed by atoms with Crippen LogP contribution in [0.4, 0.5) is 37.7 Å². The van der Waals surface area contributed by atoms with Crippen LogP contribution >= 0.6 is 0 Å². The van der Waals surface area contributed by atoms with E-state index in [4.69, 9.17) is 15.6 Å². The SMILES string of the molecule is CC(C)(C)CN(CC=O)c1ccc(C#N)c(C(F)(F)F)c1.CC(C)(C)CN(CCO)c1ccc(C#N)c(C(F)(F)F)c1. The van der Waals surface area contributed by atoms with Gasteiger partial charge < -0.3 is 19.7 Å². The highest BCUT2D eigenvalue weighted by Crippen LogP contribution is 2.36. The molecule has 2 aromatic carbocycles. The third-order valence-electron chi connectivity index (χ3n) is 5.58. The molecule has 2 aromatic rings. The highest BCUT2D eigenvalue weighted by atomic mass is 19.4. The van der Waals surface area contributed by atoms with Crippen molar-refractivity contribution in [2.45, 2.75) is 53.9 Å². The lowest BCUT2D eigenvalue weighted by molar-refractivity contribution is -0.138. The Morgan fingerprint density at radius 1 is 0.738 bits per heavy atom. The van der Waals surface area contributed by atoms with Crippen molar-refractivity contribution >= 4 is 17.7 Å². The maximum absolute atomic E-state index is 13.0. The van der Waals surface area contributed by atoms with Crippen molar-refractivity contribution in [3.05, 3.63) is 58.7 Å². The second kappa shape index (κ2) is 14.4. The van der Waals surface area contributed by atoms with E-state index < -0.39 is 34.6 Å². The van der Waals surface area contributed by atoms with E-state index in [2.05, 4.69) is 0 Å². The van der Waals surface area contributed by atoms with Crippen LogP contribution in [-0.4, -0.2) is 44.2 Å². The maximum atomic E-state index is 13.0. The number of anilines is 2. The summed E-state index contributed by atoms with van der Waals surface area (Å²) in [6, 6.07) is 10.2. The highest BCUT2D eigenvalue weighted by molar-refractivity contribution is 5.63. The minimum absolute atomic E-state index is 0.000464. The van der Waals surface area contributed by atoms with Gasteiger partial charge in [0, 0.05) is 31.0 Å². The zero-order chi connectivity index (χ0) is 32.5. The number of benzene rings is 2. The number of nitrogens with zero attached hydrogens (tertiary/aromatic N) is 4. The quantitative estimate of drug-likeness (QED) is 0.259. The van der Waals surface area contributed by atoms with Gasteiger partial charge in [0.2, 0.25) is 0 Å². The van der Waals surface area contributed by atoms with Gasteiger partial charge in [-0.25, -0.2) is 0 Å². The van der Waals surface area contributed by atoms with E-state index in [1.807, 2.05) is 41.5 Å². The number of aliphatic hydroxyl groups is 1. The van der Waals surface area contributed by atoms with E-state index in [9.17, 15) is 31.1 Å². The summed E-state index contributed by atoms with van der Waals surface area (Å²) in [4.78, 5) is 14.0. The van der Waals surface area contributed by atoms with Crippen LogP contribution in [-0.2, 0) is 17.1 Å². The Morgan fingerprint density at radius 2 is 1.12 bits per heavy atom. The van der Waals surface area contributed by atoms with Crippen LogP contribution in [0, 0.1) is 33.5 Å². The molecule has 0 atom stereocenters. The molecular formula is C30H36F6N4O2. The molecule has 6 nitrogen and oxygen atoms in total. The first-order chi connectivity index (χ1) is 19.2. The van der Waals surface area contributed by atoms with Crippen molar-refractivity contribution in [1.29, 1.82) is 10.5 Å². The Balaban J connectivity index is 0.000000420. The van der Waals surface area contributed by atoms with Crippen LogP contribution < -0.4 is 9.80 Å². The summed E-state index contributed by atoms with van der Waals surface area (Å²) in [5.74, 6) is 0. The van der Waals surface area contributed by atoms with Gasteiger partial charge in [0.25, 0.3) is 0 Å². The van der Waals surface area contributed by atoms with Crippen LogP contribution in [0.2, 0.25) is 0 Å². The number of carbonyl (C=O) groups excluding carboxylic acids is 1. The largest absolute Gasteiger partial charge is 0.417 e. The van der Waals surface area contributed by atoms with E-state index in [0.29, 0.717) is 25.1 Å². The molecule has 0 unspecified atom stereocenters. The van der Waals surface area contributed by atoms with E-state index in [1.165, 1.54) is 18.2 Å². The van der Waals surface area contributed by atoms with Gasteiger partial charge in [0.15, 0.2) is 0 Å². The van der Waals surface area contributed by atoms with Crippen molar-refractivity contribution in [3.63, 3.8) is 0 Å². The third kappa shape index (κ3) is 11.6. The zero-order valence-corrected chi connectivity index (χ0v) is 24.5. The van der Waals surface area contributed by atoms with Crippen LogP contribution in [0.1, 0.15) is 63.8 Å².